The van der Waals surface area contributed by atoms with E-state index in [1.807, 2.05) is 4.72 Å². The van der Waals surface area contributed by atoms with Crippen molar-refractivity contribution in [2.24, 2.45) is 0 Å². The Labute approximate surface area is 155 Å². The second kappa shape index (κ2) is 7.31. The fraction of sp³-hybridized carbons (Fsp3) is 0.200. The van der Waals surface area contributed by atoms with Gasteiger partial charge in [-0.15, -0.1) is 0 Å². The van der Waals surface area contributed by atoms with Crippen LogP contribution < -0.4 is 14.2 Å². The van der Waals surface area contributed by atoms with Crippen molar-refractivity contribution in [1.82, 2.24) is 0 Å². The van der Waals surface area contributed by atoms with Crippen LogP contribution in [-0.2, 0) is 16.2 Å². The van der Waals surface area contributed by atoms with Crippen LogP contribution in [0.25, 0.3) is 0 Å². The molecule has 0 saturated heterocycles. The Kier molecular flexibility index (Phi) is 5.71. The van der Waals surface area contributed by atoms with Gasteiger partial charge in [0.2, 0.25) is 0 Å². The zero-order valence-electron chi connectivity index (χ0n) is 13.3. The standard InChI is InChI=1S/C15H12BrF4NO4S/c1-24-12-6-11(17)14(7-13(12)25-2)26(22,23)21-8-3-4-10(16)9(5-8)15(18,19)20/h3-7,21H,1-2H3. The highest BCUT2D eigenvalue weighted by Gasteiger charge is 2.33. The molecule has 0 aliphatic rings. The number of rotatable bonds is 5. The molecule has 0 spiro atoms. The summed E-state index contributed by atoms with van der Waals surface area (Å²) in [7, 11) is -2.05. The van der Waals surface area contributed by atoms with Crippen molar-refractivity contribution in [3.05, 3.63) is 46.2 Å². The van der Waals surface area contributed by atoms with Crippen molar-refractivity contribution in [3.8, 4) is 11.5 Å². The second-order valence-corrected chi connectivity index (χ2v) is 7.44. The average Bonchev–Trinajstić information content (AvgIpc) is 2.54. The zero-order chi connectivity index (χ0) is 19.7. The lowest BCUT2D eigenvalue weighted by molar-refractivity contribution is -0.138. The van der Waals surface area contributed by atoms with E-state index in [2.05, 4.69) is 15.9 Å². The van der Waals surface area contributed by atoms with Crippen molar-refractivity contribution in [3.63, 3.8) is 0 Å². The number of anilines is 1. The highest BCUT2D eigenvalue weighted by molar-refractivity contribution is 9.10. The Balaban J connectivity index is 2.47. The lowest BCUT2D eigenvalue weighted by Crippen LogP contribution is -2.16. The number of sulfonamides is 1. The highest BCUT2D eigenvalue weighted by atomic mass is 79.9. The zero-order valence-corrected chi connectivity index (χ0v) is 15.7. The van der Waals surface area contributed by atoms with Crippen LogP contribution in [-0.4, -0.2) is 22.6 Å². The van der Waals surface area contributed by atoms with E-state index in [0.717, 1.165) is 24.3 Å². The molecule has 2 aromatic carbocycles. The van der Waals surface area contributed by atoms with Gasteiger partial charge >= 0.3 is 6.18 Å². The summed E-state index contributed by atoms with van der Waals surface area (Å²) in [6.07, 6.45) is -4.70. The smallest absolute Gasteiger partial charge is 0.417 e. The number of ether oxygens (including phenoxy) is 2. The quantitative estimate of drug-likeness (QED) is 0.674. The summed E-state index contributed by atoms with van der Waals surface area (Å²) in [5, 5.41) is 0. The lowest BCUT2D eigenvalue weighted by Gasteiger charge is -2.14. The van der Waals surface area contributed by atoms with E-state index < -0.39 is 32.5 Å². The molecule has 0 amide bonds. The number of methoxy groups -OCH3 is 2. The predicted octanol–water partition coefficient (Wildman–Crippen LogP) is 4.43. The molecule has 5 nitrogen and oxygen atoms in total. The first-order chi connectivity index (χ1) is 12.0. The number of nitrogens with one attached hydrogen (secondary N) is 1. The molecule has 0 atom stereocenters. The van der Waals surface area contributed by atoms with Gasteiger partial charge in [0.05, 0.1) is 19.8 Å². The molecule has 2 rings (SSSR count). The maximum absolute atomic E-state index is 14.1. The molecule has 0 unspecified atom stereocenters. The van der Waals surface area contributed by atoms with Gasteiger partial charge in [-0.25, -0.2) is 12.8 Å². The summed E-state index contributed by atoms with van der Waals surface area (Å²) >= 11 is 2.75. The van der Waals surface area contributed by atoms with Gasteiger partial charge in [-0.3, -0.25) is 4.72 Å². The van der Waals surface area contributed by atoms with Gasteiger partial charge in [0.15, 0.2) is 11.5 Å². The number of benzene rings is 2. The Bertz CT molecular complexity index is 932. The van der Waals surface area contributed by atoms with Gasteiger partial charge in [0.25, 0.3) is 10.0 Å². The van der Waals surface area contributed by atoms with Crippen LogP contribution in [0.4, 0.5) is 23.2 Å². The van der Waals surface area contributed by atoms with Crippen LogP contribution in [0.5, 0.6) is 11.5 Å². The number of hydrogen-bond donors (Lipinski definition) is 1. The first kappa shape index (κ1) is 20.3. The van der Waals surface area contributed by atoms with E-state index in [-0.39, 0.29) is 21.7 Å². The van der Waals surface area contributed by atoms with Crippen molar-refractivity contribution in [1.29, 1.82) is 0 Å². The fourth-order valence-electron chi connectivity index (χ4n) is 2.06. The Morgan fingerprint density at radius 1 is 1.04 bits per heavy atom. The summed E-state index contributed by atoms with van der Waals surface area (Å²) in [4.78, 5) is -0.799. The second-order valence-electron chi connectivity index (χ2n) is 4.94. The minimum atomic E-state index is -4.70. The Morgan fingerprint density at radius 2 is 1.62 bits per heavy atom. The van der Waals surface area contributed by atoms with Crippen LogP contribution in [0.1, 0.15) is 5.56 Å². The molecule has 0 saturated carbocycles. The molecule has 1 N–H and O–H groups in total. The van der Waals surface area contributed by atoms with E-state index in [9.17, 15) is 26.0 Å². The van der Waals surface area contributed by atoms with Crippen LogP contribution in [0.3, 0.4) is 0 Å². The summed E-state index contributed by atoms with van der Waals surface area (Å²) in [5.41, 5.74) is -1.46. The molecule has 0 heterocycles. The Morgan fingerprint density at radius 3 is 2.15 bits per heavy atom. The molecule has 2 aromatic rings. The maximum Gasteiger partial charge on any atom is 0.417 e. The molecular weight excluding hydrogens is 446 g/mol. The van der Waals surface area contributed by atoms with Gasteiger partial charge in [-0.1, -0.05) is 15.9 Å². The molecule has 0 fully saturated rings. The van der Waals surface area contributed by atoms with Gasteiger partial charge in [0.1, 0.15) is 10.7 Å². The third-order valence-corrected chi connectivity index (χ3v) is 5.34. The van der Waals surface area contributed by atoms with E-state index in [0.29, 0.717) is 6.07 Å². The topological polar surface area (TPSA) is 64.6 Å². The SMILES string of the molecule is COc1cc(F)c(S(=O)(=O)Nc2ccc(Br)c(C(F)(F)F)c2)cc1OC. The van der Waals surface area contributed by atoms with Crippen LogP contribution in [0, 0.1) is 5.82 Å². The molecule has 142 valence electrons. The number of alkyl halides is 3. The monoisotopic (exact) mass is 457 g/mol. The minimum absolute atomic E-state index is 0.0352. The van der Waals surface area contributed by atoms with Gasteiger partial charge in [-0.2, -0.15) is 13.2 Å². The van der Waals surface area contributed by atoms with E-state index in [1.54, 1.807) is 0 Å². The highest BCUT2D eigenvalue weighted by Crippen LogP contribution is 2.37. The van der Waals surface area contributed by atoms with Crippen LogP contribution >= 0.6 is 15.9 Å². The normalized spacial score (nSPS) is 12.0. The maximum atomic E-state index is 14.1. The van der Waals surface area contributed by atoms with Gasteiger partial charge < -0.3 is 9.47 Å². The molecule has 26 heavy (non-hydrogen) atoms. The summed E-state index contributed by atoms with van der Waals surface area (Å²) in [5.74, 6) is -1.24. The summed E-state index contributed by atoms with van der Waals surface area (Å²) < 4.78 is 89.2. The average molecular weight is 458 g/mol. The lowest BCUT2D eigenvalue weighted by atomic mass is 10.2. The van der Waals surface area contributed by atoms with Crippen molar-refractivity contribution < 1.29 is 35.5 Å². The van der Waals surface area contributed by atoms with Crippen molar-refractivity contribution in [2.45, 2.75) is 11.1 Å². The van der Waals surface area contributed by atoms with E-state index in [1.165, 1.54) is 14.2 Å². The van der Waals surface area contributed by atoms with E-state index >= 15 is 0 Å². The molecule has 11 heteroatoms. The van der Waals surface area contributed by atoms with Crippen molar-refractivity contribution >= 4 is 31.6 Å². The first-order valence-corrected chi connectivity index (χ1v) is 9.08. The van der Waals surface area contributed by atoms with Gasteiger partial charge in [0, 0.05) is 22.3 Å². The molecule has 0 bridgehead atoms. The third kappa shape index (κ3) is 4.21. The number of hydrogen-bond acceptors (Lipinski definition) is 4. The van der Waals surface area contributed by atoms with Crippen molar-refractivity contribution in [2.75, 3.05) is 18.9 Å². The largest absolute Gasteiger partial charge is 0.493 e. The minimum Gasteiger partial charge on any atom is -0.493 e. The molecule has 0 aliphatic heterocycles. The summed E-state index contributed by atoms with van der Waals surface area (Å²) in [6, 6.07) is 4.41. The van der Waals surface area contributed by atoms with Gasteiger partial charge in [-0.05, 0) is 18.2 Å². The van der Waals surface area contributed by atoms with E-state index in [4.69, 9.17) is 9.47 Å². The number of halogens is 5. The first-order valence-electron chi connectivity index (χ1n) is 6.80. The fourth-order valence-corrected chi connectivity index (χ4v) is 3.65. The predicted molar refractivity (Wildman–Crippen MR) is 89.5 cm³/mol. The molecule has 0 aromatic heterocycles. The summed E-state index contributed by atoms with van der Waals surface area (Å²) in [6.45, 7) is 0. The third-order valence-electron chi connectivity index (χ3n) is 3.25. The van der Waals surface area contributed by atoms with Crippen LogP contribution in [0.15, 0.2) is 39.7 Å². The molecule has 0 aliphatic carbocycles. The van der Waals surface area contributed by atoms with Crippen LogP contribution in [0.2, 0.25) is 0 Å². The molecule has 0 radical (unpaired) electrons. The molecular formula is C15H12BrF4NO4S. The Hall–Kier alpha value is -2.01.